The van der Waals surface area contributed by atoms with Crippen LogP contribution in [-0.4, -0.2) is 13.2 Å². The first kappa shape index (κ1) is 24.5. The Bertz CT molecular complexity index is 841. The molecule has 0 bridgehead atoms. The van der Waals surface area contributed by atoms with Crippen LogP contribution in [0.1, 0.15) is 16.7 Å². The van der Waals surface area contributed by atoms with Crippen molar-refractivity contribution in [3.8, 4) is 5.75 Å². The third kappa shape index (κ3) is 6.82. The van der Waals surface area contributed by atoms with Crippen LogP contribution in [0.3, 0.4) is 0 Å². The maximum absolute atomic E-state index is 7.18. The number of hydrogen-bond donors (Lipinski definition) is 1. The van der Waals surface area contributed by atoms with Crippen molar-refractivity contribution in [2.45, 2.75) is 0 Å². The molecule has 143 valence electrons. The van der Waals surface area contributed by atoms with E-state index in [1.807, 2.05) is 72.8 Å². The molecule has 0 atom stereocenters. The van der Waals surface area contributed by atoms with E-state index in [2.05, 4.69) is 18.0 Å². The molecule has 3 aromatic rings. The SMILES string of the molecule is [NH-]CCOc1ccc(/C(=C(/Cl)c2ccccc2)c2ccccc2)cc1.[NH-]N.[Y]. The fourth-order valence-electron chi connectivity index (χ4n) is 2.64. The molecule has 0 spiro atoms. The fraction of sp³-hybridized carbons (Fsp3) is 0.0909. The molecule has 6 heteroatoms. The van der Waals surface area contributed by atoms with Crippen molar-refractivity contribution in [2.24, 2.45) is 5.84 Å². The molecule has 0 saturated heterocycles. The van der Waals surface area contributed by atoms with Crippen molar-refractivity contribution in [3.05, 3.63) is 113 Å². The van der Waals surface area contributed by atoms with Crippen LogP contribution < -0.4 is 10.6 Å². The van der Waals surface area contributed by atoms with Crippen LogP contribution in [0.5, 0.6) is 5.75 Å². The Morgan fingerprint density at radius 2 is 1.21 bits per heavy atom. The largest absolute Gasteiger partial charge is 0.675 e. The third-order valence-corrected chi connectivity index (χ3v) is 4.23. The predicted octanol–water partition coefficient (Wildman–Crippen LogP) is 6.18. The fourth-order valence-corrected chi connectivity index (χ4v) is 2.98. The van der Waals surface area contributed by atoms with E-state index >= 15 is 0 Å². The van der Waals surface area contributed by atoms with Gasteiger partial charge in [0.2, 0.25) is 0 Å². The Morgan fingerprint density at radius 1 is 0.750 bits per heavy atom. The average molecular weight is 469 g/mol. The molecule has 4 N–H and O–H groups in total. The van der Waals surface area contributed by atoms with E-state index in [-0.39, 0.29) is 39.3 Å². The molecule has 0 fully saturated rings. The van der Waals surface area contributed by atoms with Gasteiger partial charge in [-0.3, -0.25) is 0 Å². The molecule has 0 aliphatic rings. The summed E-state index contributed by atoms with van der Waals surface area (Å²) < 4.78 is 5.50. The molecule has 0 unspecified atom stereocenters. The second kappa shape index (κ2) is 13.6. The van der Waals surface area contributed by atoms with Gasteiger partial charge < -0.3 is 22.2 Å². The van der Waals surface area contributed by atoms with Crippen LogP contribution in [-0.2, 0) is 32.7 Å². The summed E-state index contributed by atoms with van der Waals surface area (Å²) in [6.07, 6.45) is 0. The topological polar surface area (TPSA) is 82.8 Å². The summed E-state index contributed by atoms with van der Waals surface area (Å²) in [7, 11) is 0. The van der Waals surface area contributed by atoms with Crippen LogP contribution in [0.25, 0.3) is 22.2 Å². The van der Waals surface area contributed by atoms with Gasteiger partial charge in [0.25, 0.3) is 0 Å². The molecule has 0 aliphatic carbocycles. The van der Waals surface area contributed by atoms with Gasteiger partial charge in [-0.1, -0.05) is 84.4 Å². The predicted molar refractivity (Wildman–Crippen MR) is 114 cm³/mol. The Kier molecular flexibility index (Phi) is 11.9. The molecule has 28 heavy (non-hydrogen) atoms. The normalized spacial score (nSPS) is 10.7. The monoisotopic (exact) mass is 468 g/mol. The zero-order valence-corrected chi connectivity index (χ0v) is 19.0. The molecule has 0 aromatic heterocycles. The van der Waals surface area contributed by atoms with Gasteiger partial charge in [-0.05, 0) is 28.8 Å². The van der Waals surface area contributed by atoms with E-state index in [9.17, 15) is 0 Å². The third-order valence-electron chi connectivity index (χ3n) is 3.82. The minimum atomic E-state index is 0. The van der Waals surface area contributed by atoms with Gasteiger partial charge in [0.15, 0.2) is 0 Å². The van der Waals surface area contributed by atoms with Crippen LogP contribution in [0.4, 0.5) is 0 Å². The van der Waals surface area contributed by atoms with Gasteiger partial charge in [0.1, 0.15) is 5.75 Å². The summed E-state index contributed by atoms with van der Waals surface area (Å²) >= 11 is 6.79. The number of hydrogen-bond acceptors (Lipinski definition) is 2. The Labute approximate surface area is 196 Å². The molecule has 3 aromatic carbocycles. The van der Waals surface area contributed by atoms with Gasteiger partial charge in [0.05, 0.1) is 11.6 Å². The molecule has 1 radical (unpaired) electrons. The zero-order chi connectivity index (χ0) is 19.5. The summed E-state index contributed by atoms with van der Waals surface area (Å²) in [6.45, 7) is 0.641. The van der Waals surface area contributed by atoms with Crippen LogP contribution >= 0.6 is 11.6 Å². The van der Waals surface area contributed by atoms with E-state index in [0.717, 1.165) is 28.0 Å². The minimum Gasteiger partial charge on any atom is -0.675 e. The number of nitrogens with two attached hydrogens (primary N) is 1. The minimum absolute atomic E-state index is 0. The van der Waals surface area contributed by atoms with Crippen molar-refractivity contribution in [3.63, 3.8) is 0 Å². The number of ether oxygens (including phenoxy) is 1. The molecule has 0 aliphatic heterocycles. The van der Waals surface area contributed by atoms with Gasteiger partial charge in [-0.15, -0.1) is 6.54 Å². The van der Waals surface area contributed by atoms with E-state index < -0.39 is 0 Å². The van der Waals surface area contributed by atoms with E-state index in [4.69, 9.17) is 27.9 Å². The zero-order valence-electron chi connectivity index (χ0n) is 15.4. The smallest absolute Gasteiger partial charge is 0.119 e. The van der Waals surface area contributed by atoms with Crippen molar-refractivity contribution < 1.29 is 37.4 Å². The molecular weight excluding hydrogens is 447 g/mol. The van der Waals surface area contributed by atoms with Gasteiger partial charge in [-0.25, -0.2) is 0 Å². The summed E-state index contributed by atoms with van der Waals surface area (Å²) in [4.78, 5) is 0. The molecule has 0 amide bonds. The van der Waals surface area contributed by atoms with Crippen LogP contribution in [0.2, 0.25) is 0 Å². The molecule has 4 nitrogen and oxygen atoms in total. The molecule has 3 rings (SSSR count). The first-order valence-corrected chi connectivity index (χ1v) is 8.84. The van der Waals surface area contributed by atoms with Crippen molar-refractivity contribution in [1.82, 2.24) is 0 Å². The second-order valence-corrected chi connectivity index (χ2v) is 5.92. The number of benzene rings is 3. The van der Waals surface area contributed by atoms with Gasteiger partial charge in [0, 0.05) is 38.3 Å². The Balaban J connectivity index is 0.00000127. The average Bonchev–Trinajstić information content (AvgIpc) is 2.76. The first-order valence-electron chi connectivity index (χ1n) is 8.47. The van der Waals surface area contributed by atoms with Crippen molar-refractivity contribution in [1.29, 1.82) is 0 Å². The summed E-state index contributed by atoms with van der Waals surface area (Å²) in [5.74, 6) is 9.76. The molecule has 0 saturated carbocycles. The van der Waals surface area contributed by atoms with Crippen LogP contribution in [0, 0.1) is 0 Å². The Morgan fingerprint density at radius 3 is 1.71 bits per heavy atom. The maximum Gasteiger partial charge on any atom is 0.119 e. The standard InChI is InChI=1S/C22H19ClNO.H3N2.Y/c23-22(19-9-5-2-6-10-19)21(17-7-3-1-4-8-17)18-11-13-20(14-12-18)25-16-15-24;1-2;/h1-14,24H,15-16H2;1H,2H2;/q2*-1;/b22-21+;;. The molecular formula is C22H22ClN3OY-2. The number of halogens is 1. The first-order chi connectivity index (χ1) is 13.3. The summed E-state index contributed by atoms with van der Waals surface area (Å²) in [5.41, 5.74) is 11.2. The summed E-state index contributed by atoms with van der Waals surface area (Å²) in [6, 6.07) is 28.0. The van der Waals surface area contributed by atoms with Crippen molar-refractivity contribution in [2.75, 3.05) is 13.2 Å². The Hall–Kier alpha value is -1.53. The number of nitrogens with one attached hydrogen (secondary N) is 2. The number of rotatable bonds is 6. The van der Waals surface area contributed by atoms with Crippen molar-refractivity contribution >= 4 is 22.2 Å². The van der Waals surface area contributed by atoms with E-state index in [1.165, 1.54) is 0 Å². The van der Waals surface area contributed by atoms with Crippen LogP contribution in [0.15, 0.2) is 84.9 Å². The van der Waals surface area contributed by atoms with E-state index in [1.54, 1.807) is 0 Å². The second-order valence-electron chi connectivity index (χ2n) is 5.54. The molecule has 0 heterocycles. The van der Waals surface area contributed by atoms with Gasteiger partial charge >= 0.3 is 0 Å². The quantitative estimate of drug-likeness (QED) is 0.266. The van der Waals surface area contributed by atoms with Gasteiger partial charge in [-0.2, -0.15) is 0 Å². The maximum atomic E-state index is 7.18. The summed E-state index contributed by atoms with van der Waals surface area (Å²) in [5, 5.41) is 0.714. The van der Waals surface area contributed by atoms with E-state index in [0.29, 0.717) is 11.6 Å².